The Hall–Kier alpha value is -2.01. The Labute approximate surface area is 167 Å². The molecule has 0 heterocycles. The zero-order valence-electron chi connectivity index (χ0n) is 16.6. The number of benzene rings is 2. The molecule has 2 atom stereocenters. The van der Waals surface area contributed by atoms with Crippen LogP contribution < -0.4 is 5.32 Å². The molecule has 2 aromatic rings. The SMILES string of the molecule is CC(NCCOC1CCC(C(=O)c2ccccc2)CC1)C(O)c1ccccc1. The fourth-order valence-corrected chi connectivity index (χ4v) is 3.89. The molecule has 28 heavy (non-hydrogen) atoms. The summed E-state index contributed by atoms with van der Waals surface area (Å²) >= 11 is 0. The Balaban J connectivity index is 1.33. The number of ketones is 1. The van der Waals surface area contributed by atoms with Gasteiger partial charge < -0.3 is 15.2 Å². The number of aliphatic hydroxyl groups excluding tert-OH is 1. The van der Waals surface area contributed by atoms with Crippen LogP contribution in [0.4, 0.5) is 0 Å². The van der Waals surface area contributed by atoms with Gasteiger partial charge >= 0.3 is 0 Å². The van der Waals surface area contributed by atoms with Crippen molar-refractivity contribution in [2.24, 2.45) is 5.92 Å². The van der Waals surface area contributed by atoms with E-state index in [2.05, 4.69) is 5.32 Å². The molecule has 0 radical (unpaired) electrons. The normalized spacial score (nSPS) is 21.8. The van der Waals surface area contributed by atoms with Crippen molar-refractivity contribution in [2.75, 3.05) is 13.2 Å². The second kappa shape index (κ2) is 10.5. The Morgan fingerprint density at radius 3 is 2.29 bits per heavy atom. The number of carbonyl (C=O) groups excluding carboxylic acids is 1. The van der Waals surface area contributed by atoms with E-state index in [0.717, 1.165) is 36.8 Å². The van der Waals surface area contributed by atoms with Crippen molar-refractivity contribution in [3.63, 3.8) is 0 Å². The Morgan fingerprint density at radius 1 is 1.04 bits per heavy atom. The molecular formula is C24H31NO3. The third kappa shape index (κ3) is 5.74. The maximum atomic E-state index is 12.5. The summed E-state index contributed by atoms with van der Waals surface area (Å²) in [4.78, 5) is 12.5. The van der Waals surface area contributed by atoms with Crippen molar-refractivity contribution in [2.45, 2.75) is 50.9 Å². The summed E-state index contributed by atoms with van der Waals surface area (Å²) < 4.78 is 6.00. The summed E-state index contributed by atoms with van der Waals surface area (Å²) in [5, 5.41) is 13.7. The van der Waals surface area contributed by atoms with Gasteiger partial charge in [-0.3, -0.25) is 4.79 Å². The van der Waals surface area contributed by atoms with Crippen LogP contribution in [-0.4, -0.2) is 36.2 Å². The van der Waals surface area contributed by atoms with Crippen LogP contribution in [0.15, 0.2) is 60.7 Å². The third-order valence-electron chi connectivity index (χ3n) is 5.64. The van der Waals surface area contributed by atoms with Crippen molar-refractivity contribution in [3.8, 4) is 0 Å². The van der Waals surface area contributed by atoms with E-state index in [-0.39, 0.29) is 23.8 Å². The van der Waals surface area contributed by atoms with Crippen LogP contribution >= 0.6 is 0 Å². The lowest BCUT2D eigenvalue weighted by Crippen LogP contribution is -2.35. The third-order valence-corrected chi connectivity index (χ3v) is 5.64. The standard InChI is InChI=1S/C24H31NO3/c1-18(23(26)19-8-4-2-5-9-19)25-16-17-28-22-14-12-21(13-15-22)24(27)20-10-6-3-7-11-20/h2-11,18,21-23,25-26H,12-17H2,1H3. The van der Waals surface area contributed by atoms with E-state index in [1.807, 2.05) is 67.6 Å². The highest BCUT2D eigenvalue weighted by atomic mass is 16.5. The fraction of sp³-hybridized carbons (Fsp3) is 0.458. The van der Waals surface area contributed by atoms with Crippen LogP contribution in [0.2, 0.25) is 0 Å². The molecule has 0 saturated heterocycles. The highest BCUT2D eigenvalue weighted by Crippen LogP contribution is 2.29. The van der Waals surface area contributed by atoms with E-state index in [1.54, 1.807) is 0 Å². The predicted molar refractivity (Wildman–Crippen MR) is 111 cm³/mol. The minimum atomic E-state index is -0.527. The number of nitrogens with one attached hydrogen (secondary N) is 1. The van der Waals surface area contributed by atoms with Gasteiger partial charge in [0.05, 0.1) is 18.8 Å². The average molecular weight is 382 g/mol. The number of Topliss-reactive ketones (excluding diaryl/α,β-unsaturated/α-hetero) is 1. The second-order valence-corrected chi connectivity index (χ2v) is 7.67. The quantitative estimate of drug-likeness (QED) is 0.506. The van der Waals surface area contributed by atoms with Crippen LogP contribution in [0.1, 0.15) is 54.6 Å². The summed E-state index contributed by atoms with van der Waals surface area (Å²) in [6.07, 6.45) is 3.37. The van der Waals surface area contributed by atoms with Crippen LogP contribution in [0.3, 0.4) is 0 Å². The first-order chi connectivity index (χ1) is 13.6. The first kappa shape index (κ1) is 20.7. The topological polar surface area (TPSA) is 58.6 Å². The van der Waals surface area contributed by atoms with Crippen molar-refractivity contribution < 1.29 is 14.6 Å². The van der Waals surface area contributed by atoms with E-state index >= 15 is 0 Å². The number of aliphatic hydroxyl groups is 1. The van der Waals surface area contributed by atoms with Gasteiger partial charge in [-0.15, -0.1) is 0 Å². The van der Waals surface area contributed by atoms with E-state index < -0.39 is 6.10 Å². The van der Waals surface area contributed by atoms with Crippen molar-refractivity contribution in [1.29, 1.82) is 0 Å². The molecular weight excluding hydrogens is 350 g/mol. The van der Waals surface area contributed by atoms with Crippen LogP contribution in [-0.2, 0) is 4.74 Å². The van der Waals surface area contributed by atoms with Crippen molar-refractivity contribution in [3.05, 3.63) is 71.8 Å². The lowest BCUT2D eigenvalue weighted by atomic mass is 9.82. The summed E-state index contributed by atoms with van der Waals surface area (Å²) in [6.45, 7) is 3.31. The van der Waals surface area contributed by atoms with Crippen molar-refractivity contribution >= 4 is 5.78 Å². The van der Waals surface area contributed by atoms with Gasteiger partial charge in [0.2, 0.25) is 0 Å². The first-order valence-corrected chi connectivity index (χ1v) is 10.3. The van der Waals surface area contributed by atoms with E-state index in [1.165, 1.54) is 0 Å². The predicted octanol–water partition coefficient (Wildman–Crippen LogP) is 4.16. The van der Waals surface area contributed by atoms with Gasteiger partial charge in [-0.25, -0.2) is 0 Å². The molecule has 4 nitrogen and oxygen atoms in total. The molecule has 0 aliphatic heterocycles. The molecule has 0 amide bonds. The fourth-order valence-electron chi connectivity index (χ4n) is 3.89. The minimum Gasteiger partial charge on any atom is -0.387 e. The number of hydrogen-bond donors (Lipinski definition) is 2. The molecule has 1 aliphatic rings. The maximum Gasteiger partial charge on any atom is 0.165 e. The average Bonchev–Trinajstić information content (AvgIpc) is 2.77. The molecule has 150 valence electrons. The lowest BCUT2D eigenvalue weighted by Gasteiger charge is -2.28. The Bertz CT molecular complexity index is 711. The molecule has 2 aromatic carbocycles. The lowest BCUT2D eigenvalue weighted by molar-refractivity contribution is 0.0177. The van der Waals surface area contributed by atoms with Gasteiger partial charge in [-0.2, -0.15) is 0 Å². The highest BCUT2D eigenvalue weighted by Gasteiger charge is 2.27. The number of rotatable bonds is 9. The molecule has 0 bridgehead atoms. The van der Waals surface area contributed by atoms with E-state index in [9.17, 15) is 9.90 Å². The maximum absolute atomic E-state index is 12.5. The van der Waals surface area contributed by atoms with Crippen LogP contribution in [0.25, 0.3) is 0 Å². The van der Waals surface area contributed by atoms with E-state index in [0.29, 0.717) is 13.2 Å². The van der Waals surface area contributed by atoms with E-state index in [4.69, 9.17) is 4.74 Å². The van der Waals surface area contributed by atoms with Crippen LogP contribution in [0, 0.1) is 5.92 Å². The summed E-state index contributed by atoms with van der Waals surface area (Å²) in [5.41, 5.74) is 1.74. The molecule has 2 unspecified atom stereocenters. The van der Waals surface area contributed by atoms with Crippen molar-refractivity contribution in [1.82, 2.24) is 5.32 Å². The Morgan fingerprint density at radius 2 is 1.64 bits per heavy atom. The second-order valence-electron chi connectivity index (χ2n) is 7.67. The summed E-state index contributed by atoms with van der Waals surface area (Å²) in [5.74, 6) is 0.394. The molecule has 1 fully saturated rings. The highest BCUT2D eigenvalue weighted by molar-refractivity contribution is 5.97. The smallest absolute Gasteiger partial charge is 0.165 e. The molecule has 0 spiro atoms. The number of carbonyl (C=O) groups is 1. The molecule has 0 aromatic heterocycles. The van der Waals surface area contributed by atoms with Gasteiger partial charge in [0.15, 0.2) is 5.78 Å². The van der Waals surface area contributed by atoms with Gasteiger partial charge in [-0.05, 0) is 38.2 Å². The monoisotopic (exact) mass is 381 g/mol. The Kier molecular flexibility index (Phi) is 7.78. The number of hydrogen-bond acceptors (Lipinski definition) is 4. The summed E-state index contributed by atoms with van der Waals surface area (Å²) in [6, 6.07) is 19.3. The zero-order chi connectivity index (χ0) is 19.8. The summed E-state index contributed by atoms with van der Waals surface area (Å²) in [7, 11) is 0. The largest absolute Gasteiger partial charge is 0.387 e. The molecule has 3 rings (SSSR count). The van der Waals surface area contributed by atoms with Gasteiger partial charge in [-0.1, -0.05) is 60.7 Å². The molecule has 1 saturated carbocycles. The van der Waals surface area contributed by atoms with Gasteiger partial charge in [0.1, 0.15) is 0 Å². The number of ether oxygens (including phenoxy) is 1. The molecule has 1 aliphatic carbocycles. The first-order valence-electron chi connectivity index (χ1n) is 10.3. The van der Waals surface area contributed by atoms with Crippen LogP contribution in [0.5, 0.6) is 0 Å². The minimum absolute atomic E-state index is 0.0368. The molecule has 4 heteroatoms. The molecule has 2 N–H and O–H groups in total. The van der Waals surface area contributed by atoms with Gasteiger partial charge in [0, 0.05) is 24.1 Å². The zero-order valence-corrected chi connectivity index (χ0v) is 16.6. The van der Waals surface area contributed by atoms with Gasteiger partial charge in [0.25, 0.3) is 0 Å².